The van der Waals surface area contributed by atoms with Gasteiger partial charge in [-0.3, -0.25) is 4.79 Å². The number of sulfonamides is 1. The Morgan fingerprint density at radius 3 is 2.61 bits per heavy atom. The average Bonchev–Trinajstić information content (AvgIpc) is 2.69. The first-order chi connectivity index (χ1) is 14.4. The van der Waals surface area contributed by atoms with Crippen LogP contribution in [0.25, 0.3) is 0 Å². The first-order valence-corrected chi connectivity index (χ1v) is 11.2. The highest BCUT2D eigenvalue weighted by Gasteiger charge is 2.35. The van der Waals surface area contributed by atoms with Gasteiger partial charge in [0.15, 0.2) is 0 Å². The van der Waals surface area contributed by atoms with E-state index in [2.05, 4.69) is 5.32 Å². The predicted molar refractivity (Wildman–Crippen MR) is 107 cm³/mol. The molecule has 168 valence electrons. The van der Waals surface area contributed by atoms with E-state index in [1.54, 1.807) is 13.0 Å². The second-order valence-electron chi connectivity index (χ2n) is 7.23. The number of piperidine rings is 1. The van der Waals surface area contributed by atoms with Crippen molar-refractivity contribution in [1.82, 2.24) is 9.62 Å². The zero-order valence-corrected chi connectivity index (χ0v) is 17.9. The normalized spacial score (nSPS) is 18.1. The third-order valence-corrected chi connectivity index (χ3v) is 7.51. The molecule has 1 aliphatic rings. The highest BCUT2D eigenvalue weighted by atomic mass is 35.5. The second kappa shape index (κ2) is 8.76. The Balaban J connectivity index is 1.77. The van der Waals surface area contributed by atoms with Crippen molar-refractivity contribution in [1.29, 1.82) is 0 Å². The second-order valence-corrected chi connectivity index (χ2v) is 9.54. The van der Waals surface area contributed by atoms with Crippen LogP contribution >= 0.6 is 11.6 Å². The van der Waals surface area contributed by atoms with Crippen LogP contribution in [0.2, 0.25) is 5.02 Å². The van der Waals surface area contributed by atoms with Gasteiger partial charge in [0.05, 0.1) is 10.5 Å². The van der Waals surface area contributed by atoms with Crippen LogP contribution < -0.4 is 5.32 Å². The number of benzene rings is 2. The van der Waals surface area contributed by atoms with Crippen LogP contribution in [0.4, 0.5) is 17.6 Å². The highest BCUT2D eigenvalue weighted by molar-refractivity contribution is 7.89. The maximum Gasteiger partial charge on any atom is 0.419 e. The van der Waals surface area contributed by atoms with Gasteiger partial charge in [-0.25, -0.2) is 12.8 Å². The third-order valence-electron chi connectivity index (χ3n) is 5.09. The number of nitrogens with zero attached hydrogens (tertiary/aromatic N) is 1. The zero-order valence-electron chi connectivity index (χ0n) is 16.3. The number of carbonyl (C=O) groups is 1. The van der Waals surface area contributed by atoms with Crippen molar-refractivity contribution < 1.29 is 30.8 Å². The van der Waals surface area contributed by atoms with E-state index in [-0.39, 0.29) is 23.5 Å². The molecule has 31 heavy (non-hydrogen) atoms. The van der Waals surface area contributed by atoms with Crippen LogP contribution in [0, 0.1) is 12.7 Å². The highest BCUT2D eigenvalue weighted by Crippen LogP contribution is 2.32. The number of halogens is 5. The van der Waals surface area contributed by atoms with E-state index >= 15 is 0 Å². The number of alkyl halides is 3. The molecule has 0 spiro atoms. The van der Waals surface area contributed by atoms with Crippen LogP contribution in [-0.4, -0.2) is 37.8 Å². The van der Waals surface area contributed by atoms with Crippen LogP contribution in [0.3, 0.4) is 0 Å². The first kappa shape index (κ1) is 23.5. The number of carbonyl (C=O) groups excluding carboxylic acids is 1. The maximum absolute atomic E-state index is 13.5. The topological polar surface area (TPSA) is 66.5 Å². The molecule has 1 saturated heterocycles. The number of hydrogen-bond donors (Lipinski definition) is 1. The summed E-state index contributed by atoms with van der Waals surface area (Å²) in [7, 11) is -3.88. The largest absolute Gasteiger partial charge is 0.419 e. The Morgan fingerprint density at radius 2 is 1.94 bits per heavy atom. The van der Waals surface area contributed by atoms with Crippen LogP contribution in [-0.2, 0) is 16.2 Å². The van der Waals surface area contributed by atoms with Gasteiger partial charge in [-0.05, 0) is 55.7 Å². The molecule has 0 bridgehead atoms. The van der Waals surface area contributed by atoms with Gasteiger partial charge in [0.1, 0.15) is 5.82 Å². The molecular formula is C20H19ClF4N2O3S. The molecule has 1 heterocycles. The standard InChI is InChI=1S/C20H19ClF4N2O3S/c1-12-16(21)5-2-6-18(12)31(29,30)27-9-3-4-14(11-27)26-19(28)13-7-8-17(22)15(10-13)20(23,24)25/h2,5-8,10,14H,3-4,9,11H2,1H3,(H,26,28). The first-order valence-electron chi connectivity index (χ1n) is 9.34. The molecule has 11 heteroatoms. The molecule has 2 aromatic carbocycles. The van der Waals surface area contributed by atoms with E-state index in [1.165, 1.54) is 16.4 Å². The van der Waals surface area contributed by atoms with Crippen molar-refractivity contribution in [3.8, 4) is 0 Å². The molecule has 1 amide bonds. The van der Waals surface area contributed by atoms with Gasteiger partial charge in [0.2, 0.25) is 10.0 Å². The van der Waals surface area contributed by atoms with E-state index < -0.39 is 39.5 Å². The number of nitrogens with one attached hydrogen (secondary N) is 1. The molecule has 1 unspecified atom stereocenters. The van der Waals surface area contributed by atoms with Gasteiger partial charge in [-0.2, -0.15) is 17.5 Å². The molecule has 2 aromatic rings. The van der Waals surface area contributed by atoms with E-state index in [9.17, 15) is 30.8 Å². The van der Waals surface area contributed by atoms with E-state index in [0.717, 1.165) is 6.07 Å². The summed E-state index contributed by atoms with van der Waals surface area (Å²) in [6, 6.07) is 5.90. The van der Waals surface area contributed by atoms with Gasteiger partial charge in [0, 0.05) is 29.7 Å². The molecule has 1 N–H and O–H groups in total. The van der Waals surface area contributed by atoms with Crippen molar-refractivity contribution in [3.05, 3.63) is 63.9 Å². The summed E-state index contributed by atoms with van der Waals surface area (Å²) in [6.07, 6.45) is -4.05. The summed E-state index contributed by atoms with van der Waals surface area (Å²) in [5, 5.41) is 2.86. The SMILES string of the molecule is Cc1c(Cl)cccc1S(=O)(=O)N1CCCC(NC(=O)c2ccc(F)c(C(F)(F)F)c2)C1. The monoisotopic (exact) mass is 478 g/mol. The molecule has 1 aliphatic heterocycles. The summed E-state index contributed by atoms with van der Waals surface area (Å²) < 4.78 is 79.5. The maximum atomic E-state index is 13.5. The molecule has 1 fully saturated rings. The fourth-order valence-corrected chi connectivity index (χ4v) is 5.44. The molecule has 0 radical (unpaired) electrons. The van der Waals surface area contributed by atoms with Crippen molar-refractivity contribution in [3.63, 3.8) is 0 Å². The van der Waals surface area contributed by atoms with E-state index in [4.69, 9.17) is 11.6 Å². The summed E-state index contributed by atoms with van der Waals surface area (Å²) in [4.78, 5) is 12.5. The quantitative estimate of drug-likeness (QED) is 0.663. The fourth-order valence-electron chi connectivity index (χ4n) is 3.44. The molecule has 1 atom stereocenters. The Kier molecular flexibility index (Phi) is 6.64. The van der Waals surface area contributed by atoms with Crippen LogP contribution in [0.15, 0.2) is 41.3 Å². The fraction of sp³-hybridized carbons (Fsp3) is 0.350. The van der Waals surface area contributed by atoms with Gasteiger partial charge >= 0.3 is 6.18 Å². The summed E-state index contributed by atoms with van der Waals surface area (Å²) in [5.74, 6) is -2.32. The summed E-state index contributed by atoms with van der Waals surface area (Å²) in [6.45, 7) is 1.77. The van der Waals surface area contributed by atoms with Crippen LogP contribution in [0.1, 0.15) is 34.3 Å². The Hall–Kier alpha value is -2.17. The van der Waals surface area contributed by atoms with Gasteiger partial charge in [-0.15, -0.1) is 0 Å². The Labute approximate surface area is 182 Å². The summed E-state index contributed by atoms with van der Waals surface area (Å²) >= 11 is 6.03. The number of rotatable bonds is 4. The van der Waals surface area contributed by atoms with Crippen molar-refractivity contribution in [2.45, 2.75) is 36.9 Å². The zero-order chi connectivity index (χ0) is 23.0. The van der Waals surface area contributed by atoms with Gasteiger partial charge in [0.25, 0.3) is 5.91 Å². The average molecular weight is 479 g/mol. The lowest BCUT2D eigenvalue weighted by Gasteiger charge is -2.32. The minimum atomic E-state index is -4.94. The lowest BCUT2D eigenvalue weighted by Crippen LogP contribution is -2.49. The lowest BCUT2D eigenvalue weighted by molar-refractivity contribution is -0.140. The Bertz CT molecular complexity index is 1110. The number of hydrogen-bond acceptors (Lipinski definition) is 3. The van der Waals surface area contributed by atoms with E-state index in [0.29, 0.717) is 35.6 Å². The minimum Gasteiger partial charge on any atom is -0.348 e. The van der Waals surface area contributed by atoms with Crippen molar-refractivity contribution in [2.75, 3.05) is 13.1 Å². The van der Waals surface area contributed by atoms with Gasteiger partial charge in [-0.1, -0.05) is 17.7 Å². The van der Waals surface area contributed by atoms with Crippen LogP contribution in [0.5, 0.6) is 0 Å². The smallest absolute Gasteiger partial charge is 0.348 e. The summed E-state index contributed by atoms with van der Waals surface area (Å²) in [5.41, 5.74) is -1.50. The lowest BCUT2D eigenvalue weighted by atomic mass is 10.1. The molecular weight excluding hydrogens is 460 g/mol. The molecule has 0 saturated carbocycles. The van der Waals surface area contributed by atoms with Gasteiger partial charge < -0.3 is 5.32 Å². The van der Waals surface area contributed by atoms with Crippen molar-refractivity contribution >= 4 is 27.5 Å². The Morgan fingerprint density at radius 1 is 1.23 bits per heavy atom. The molecule has 0 aromatic heterocycles. The van der Waals surface area contributed by atoms with E-state index in [1.807, 2.05) is 0 Å². The molecule has 5 nitrogen and oxygen atoms in total. The molecule has 0 aliphatic carbocycles. The minimum absolute atomic E-state index is 0.0483. The molecule has 3 rings (SSSR count). The third kappa shape index (κ3) is 5.02. The predicted octanol–water partition coefficient (Wildman–Crippen LogP) is 4.39. The number of amides is 1. The van der Waals surface area contributed by atoms with Crippen molar-refractivity contribution in [2.24, 2.45) is 0 Å².